The number of hydrogen-bond donors (Lipinski definition) is 0. The van der Waals surface area contributed by atoms with Gasteiger partial charge in [-0.05, 0) is 32.9 Å². The fourth-order valence-electron chi connectivity index (χ4n) is 1.80. The highest BCUT2D eigenvalue weighted by atomic mass is 79.9. The third kappa shape index (κ3) is 1.94. The van der Waals surface area contributed by atoms with Crippen molar-refractivity contribution in [1.82, 2.24) is 4.90 Å². The number of halogens is 1. The maximum Gasteiger partial charge on any atom is 0.233 e. The van der Waals surface area contributed by atoms with Gasteiger partial charge in [-0.15, -0.1) is 11.3 Å². The van der Waals surface area contributed by atoms with Gasteiger partial charge in [0.2, 0.25) is 11.8 Å². The van der Waals surface area contributed by atoms with E-state index in [1.807, 2.05) is 25.3 Å². The lowest BCUT2D eigenvalue weighted by molar-refractivity contribution is -0.140. The molecule has 0 radical (unpaired) electrons. The highest BCUT2D eigenvalue weighted by molar-refractivity contribution is 9.11. The Morgan fingerprint density at radius 2 is 1.88 bits per heavy atom. The lowest BCUT2D eigenvalue weighted by Crippen LogP contribution is -2.30. The molecule has 1 aromatic rings. The average Bonchev–Trinajstić information content (AvgIpc) is 2.73. The van der Waals surface area contributed by atoms with E-state index < -0.39 is 0 Å². The average molecular weight is 302 g/mol. The van der Waals surface area contributed by atoms with E-state index in [0.29, 0.717) is 6.54 Å². The third-order valence-electron chi connectivity index (χ3n) is 3.02. The van der Waals surface area contributed by atoms with Gasteiger partial charge < -0.3 is 0 Å². The van der Waals surface area contributed by atoms with Gasteiger partial charge in [-0.25, -0.2) is 0 Å². The standard InChI is InChI=1S/C11H12BrNO2S/c1-6-7(2)11(15)13(10(6)14)4-8-3-9(12)16-5-8/h3,5-7H,4H2,1-2H3/t6-,7+. The first kappa shape index (κ1) is 11.8. The van der Waals surface area contributed by atoms with Crippen LogP contribution in [-0.4, -0.2) is 16.7 Å². The van der Waals surface area contributed by atoms with E-state index in [-0.39, 0.29) is 23.7 Å². The zero-order valence-electron chi connectivity index (χ0n) is 9.07. The van der Waals surface area contributed by atoms with Gasteiger partial charge in [-0.2, -0.15) is 0 Å². The molecule has 86 valence electrons. The zero-order chi connectivity index (χ0) is 11.9. The number of carbonyl (C=O) groups is 2. The molecule has 2 atom stereocenters. The number of thiophene rings is 1. The second-order valence-electron chi connectivity index (χ2n) is 4.10. The maximum absolute atomic E-state index is 11.8. The molecule has 1 saturated heterocycles. The van der Waals surface area contributed by atoms with Crippen LogP contribution in [0.2, 0.25) is 0 Å². The topological polar surface area (TPSA) is 37.4 Å². The minimum Gasteiger partial charge on any atom is -0.278 e. The molecule has 0 N–H and O–H groups in total. The van der Waals surface area contributed by atoms with E-state index in [0.717, 1.165) is 9.35 Å². The maximum atomic E-state index is 11.8. The molecule has 0 aliphatic carbocycles. The molecule has 1 aromatic heterocycles. The van der Waals surface area contributed by atoms with Crippen molar-refractivity contribution >= 4 is 39.1 Å². The summed E-state index contributed by atoms with van der Waals surface area (Å²) >= 11 is 4.92. The Kier molecular flexibility index (Phi) is 3.17. The summed E-state index contributed by atoms with van der Waals surface area (Å²) < 4.78 is 1.02. The number of imide groups is 1. The molecule has 0 spiro atoms. The third-order valence-corrected chi connectivity index (χ3v) is 4.58. The Labute approximate surface area is 107 Å². The molecule has 0 bridgehead atoms. The van der Waals surface area contributed by atoms with Crippen molar-refractivity contribution in [1.29, 1.82) is 0 Å². The molecule has 2 rings (SSSR count). The number of hydrogen-bond acceptors (Lipinski definition) is 3. The monoisotopic (exact) mass is 301 g/mol. The second-order valence-corrected chi connectivity index (χ2v) is 6.39. The first-order chi connectivity index (χ1) is 7.50. The molecule has 0 aromatic carbocycles. The van der Waals surface area contributed by atoms with Gasteiger partial charge in [0.15, 0.2) is 0 Å². The summed E-state index contributed by atoms with van der Waals surface area (Å²) in [5.74, 6) is -0.483. The predicted molar refractivity (Wildman–Crippen MR) is 65.9 cm³/mol. The number of amides is 2. The van der Waals surface area contributed by atoms with Crippen LogP contribution in [0.5, 0.6) is 0 Å². The van der Waals surface area contributed by atoms with Crippen LogP contribution in [0.4, 0.5) is 0 Å². The van der Waals surface area contributed by atoms with E-state index >= 15 is 0 Å². The van der Waals surface area contributed by atoms with Gasteiger partial charge in [0.25, 0.3) is 0 Å². The van der Waals surface area contributed by atoms with Crippen LogP contribution in [0.3, 0.4) is 0 Å². The lowest BCUT2D eigenvalue weighted by atomic mass is 10.00. The van der Waals surface area contributed by atoms with Crippen LogP contribution in [0.15, 0.2) is 15.2 Å². The van der Waals surface area contributed by atoms with Crippen LogP contribution < -0.4 is 0 Å². The van der Waals surface area contributed by atoms with Crippen LogP contribution >= 0.6 is 27.3 Å². The minimum atomic E-state index is -0.186. The molecule has 16 heavy (non-hydrogen) atoms. The van der Waals surface area contributed by atoms with Crippen LogP contribution in [0, 0.1) is 11.8 Å². The first-order valence-electron chi connectivity index (χ1n) is 5.09. The molecule has 0 unspecified atom stereocenters. The highest BCUT2D eigenvalue weighted by Crippen LogP contribution is 2.28. The Bertz CT molecular complexity index is 423. The number of carbonyl (C=O) groups excluding carboxylic acids is 2. The van der Waals surface area contributed by atoms with E-state index in [1.165, 1.54) is 4.90 Å². The summed E-state index contributed by atoms with van der Waals surface area (Å²) in [6, 6.07) is 1.94. The number of likely N-dealkylation sites (tertiary alicyclic amines) is 1. The van der Waals surface area contributed by atoms with E-state index in [4.69, 9.17) is 0 Å². The summed E-state index contributed by atoms with van der Waals surface area (Å²) in [6.45, 7) is 4.03. The molecular weight excluding hydrogens is 290 g/mol. The van der Waals surface area contributed by atoms with Crippen molar-refractivity contribution in [2.75, 3.05) is 0 Å². The normalized spacial score (nSPS) is 25.6. The van der Waals surface area contributed by atoms with Crippen LogP contribution in [0.25, 0.3) is 0 Å². The van der Waals surface area contributed by atoms with Gasteiger partial charge in [0, 0.05) is 11.8 Å². The van der Waals surface area contributed by atoms with Gasteiger partial charge in [0.05, 0.1) is 10.3 Å². The Morgan fingerprint density at radius 1 is 1.31 bits per heavy atom. The van der Waals surface area contributed by atoms with Gasteiger partial charge in [0.1, 0.15) is 0 Å². The summed E-state index contributed by atoms with van der Waals surface area (Å²) in [5, 5.41) is 1.96. The molecule has 3 nitrogen and oxygen atoms in total. The van der Waals surface area contributed by atoms with Crippen molar-refractivity contribution in [3.63, 3.8) is 0 Å². The van der Waals surface area contributed by atoms with Gasteiger partial charge in [-0.3, -0.25) is 14.5 Å². The quantitative estimate of drug-likeness (QED) is 0.788. The fourth-order valence-corrected chi connectivity index (χ4v) is 3.00. The Morgan fingerprint density at radius 3 is 2.31 bits per heavy atom. The number of nitrogens with zero attached hydrogens (tertiary/aromatic N) is 1. The first-order valence-corrected chi connectivity index (χ1v) is 6.76. The smallest absolute Gasteiger partial charge is 0.233 e. The van der Waals surface area contributed by atoms with Crippen molar-refractivity contribution in [3.05, 3.63) is 20.8 Å². The fraction of sp³-hybridized carbons (Fsp3) is 0.455. The second kappa shape index (κ2) is 4.30. The SMILES string of the molecule is C[C@@H]1C(=O)N(Cc2csc(Br)c2)C(=O)[C@@H]1C. The van der Waals surface area contributed by atoms with Crippen molar-refractivity contribution in [2.45, 2.75) is 20.4 Å². The molecule has 1 aliphatic heterocycles. The van der Waals surface area contributed by atoms with Crippen LogP contribution in [-0.2, 0) is 16.1 Å². The van der Waals surface area contributed by atoms with E-state index in [9.17, 15) is 9.59 Å². The molecule has 1 fully saturated rings. The summed E-state index contributed by atoms with van der Waals surface area (Å²) in [7, 11) is 0. The summed E-state index contributed by atoms with van der Waals surface area (Å²) in [4.78, 5) is 25.0. The summed E-state index contributed by atoms with van der Waals surface area (Å²) in [5.41, 5.74) is 1.000. The van der Waals surface area contributed by atoms with Crippen molar-refractivity contribution in [2.24, 2.45) is 11.8 Å². The largest absolute Gasteiger partial charge is 0.278 e. The van der Waals surface area contributed by atoms with E-state index in [1.54, 1.807) is 11.3 Å². The predicted octanol–water partition coefficient (Wildman–Crippen LogP) is 2.65. The highest BCUT2D eigenvalue weighted by Gasteiger charge is 2.41. The zero-order valence-corrected chi connectivity index (χ0v) is 11.5. The minimum absolute atomic E-state index is 0.0557. The van der Waals surface area contributed by atoms with Gasteiger partial charge in [-0.1, -0.05) is 13.8 Å². The molecule has 2 amide bonds. The lowest BCUT2D eigenvalue weighted by Gasteiger charge is -2.13. The Hall–Kier alpha value is -0.680. The van der Waals surface area contributed by atoms with Crippen molar-refractivity contribution < 1.29 is 9.59 Å². The van der Waals surface area contributed by atoms with Gasteiger partial charge >= 0.3 is 0 Å². The van der Waals surface area contributed by atoms with Crippen molar-refractivity contribution in [3.8, 4) is 0 Å². The summed E-state index contributed by atoms with van der Waals surface area (Å²) in [6.07, 6.45) is 0. The molecule has 5 heteroatoms. The molecule has 1 aliphatic rings. The molecular formula is C11H12BrNO2S. The van der Waals surface area contributed by atoms with E-state index in [2.05, 4.69) is 15.9 Å². The molecule has 2 heterocycles. The van der Waals surface area contributed by atoms with Crippen LogP contribution in [0.1, 0.15) is 19.4 Å². The molecule has 0 saturated carbocycles. The Balaban J connectivity index is 2.16. The number of rotatable bonds is 2.